The number of aromatic nitrogens is 1. The molecule has 0 atom stereocenters. The molecule has 1 heterocycles. The maximum atomic E-state index is 11.9. The van der Waals surface area contributed by atoms with Crippen LogP contribution in [0.2, 0.25) is 0 Å². The van der Waals surface area contributed by atoms with Crippen LogP contribution in [0.5, 0.6) is 5.75 Å². The molecule has 0 saturated heterocycles. The van der Waals surface area contributed by atoms with Crippen LogP contribution in [-0.2, 0) is 11.3 Å². The average Bonchev–Trinajstić information content (AvgIpc) is 2.79. The van der Waals surface area contributed by atoms with Crippen LogP contribution in [0.4, 0.5) is 0 Å². The van der Waals surface area contributed by atoms with Gasteiger partial charge in [0.2, 0.25) is 0 Å². The molecule has 0 unspecified atom stereocenters. The maximum absolute atomic E-state index is 11.9. The minimum Gasteiger partial charge on any atom is -0.489 e. The molecule has 0 bridgehead atoms. The van der Waals surface area contributed by atoms with Gasteiger partial charge < -0.3 is 9.47 Å². The molecule has 0 saturated carbocycles. The molecular formula is C22H19N3O4. The van der Waals surface area contributed by atoms with E-state index in [-0.39, 0.29) is 11.9 Å². The van der Waals surface area contributed by atoms with E-state index in [2.05, 4.69) is 20.2 Å². The Morgan fingerprint density at radius 2 is 1.66 bits per heavy atom. The van der Waals surface area contributed by atoms with Gasteiger partial charge in [0.15, 0.2) is 0 Å². The van der Waals surface area contributed by atoms with Gasteiger partial charge in [-0.1, -0.05) is 12.1 Å². The molecule has 146 valence electrons. The number of methoxy groups -OCH3 is 1. The Hall–Kier alpha value is -4.00. The molecule has 0 aliphatic carbocycles. The molecule has 3 rings (SSSR count). The average molecular weight is 389 g/mol. The van der Waals surface area contributed by atoms with Crippen LogP contribution in [0.15, 0.2) is 78.2 Å². The van der Waals surface area contributed by atoms with E-state index in [1.165, 1.54) is 7.11 Å². The molecule has 1 N–H and O–H groups in total. The third kappa shape index (κ3) is 5.74. The molecule has 0 aliphatic heterocycles. The number of ether oxygens (including phenoxy) is 2. The van der Waals surface area contributed by atoms with Crippen LogP contribution in [-0.4, -0.2) is 30.2 Å². The fourth-order valence-electron chi connectivity index (χ4n) is 2.40. The number of carbonyl (C=O) groups is 2. The lowest BCUT2D eigenvalue weighted by molar-refractivity contribution is 0.0600. The second kappa shape index (κ2) is 9.80. The van der Waals surface area contributed by atoms with Crippen molar-refractivity contribution in [3.05, 3.63) is 95.3 Å². The molecule has 0 aliphatic rings. The zero-order chi connectivity index (χ0) is 20.5. The number of rotatable bonds is 7. The highest BCUT2D eigenvalue weighted by Gasteiger charge is 2.05. The number of carbonyl (C=O) groups excluding carboxylic acids is 2. The summed E-state index contributed by atoms with van der Waals surface area (Å²) in [6.07, 6.45) is 4.64. The fourth-order valence-corrected chi connectivity index (χ4v) is 2.40. The van der Waals surface area contributed by atoms with Crippen LogP contribution in [0.1, 0.15) is 31.8 Å². The second-order valence-electron chi connectivity index (χ2n) is 5.98. The van der Waals surface area contributed by atoms with Gasteiger partial charge >= 0.3 is 5.97 Å². The van der Waals surface area contributed by atoms with E-state index in [0.717, 1.165) is 11.1 Å². The first kappa shape index (κ1) is 19.8. The SMILES string of the molecule is COC(=O)c1ccc(COc2ccc(/C=N/NC(=O)c3ccncc3)cc2)cc1. The second-order valence-corrected chi connectivity index (χ2v) is 5.98. The number of hydrogen-bond acceptors (Lipinski definition) is 6. The molecule has 29 heavy (non-hydrogen) atoms. The molecule has 0 fully saturated rings. The lowest BCUT2D eigenvalue weighted by Crippen LogP contribution is -2.17. The number of benzene rings is 2. The summed E-state index contributed by atoms with van der Waals surface area (Å²) in [7, 11) is 1.35. The predicted molar refractivity (Wildman–Crippen MR) is 108 cm³/mol. The summed E-state index contributed by atoms with van der Waals surface area (Å²) < 4.78 is 10.4. The Bertz CT molecular complexity index is 985. The molecule has 7 nitrogen and oxygen atoms in total. The summed E-state index contributed by atoms with van der Waals surface area (Å²) in [4.78, 5) is 27.2. The van der Waals surface area contributed by atoms with Gasteiger partial charge in [-0.25, -0.2) is 10.2 Å². The molecule has 3 aromatic rings. The van der Waals surface area contributed by atoms with Crippen molar-refractivity contribution in [1.82, 2.24) is 10.4 Å². The van der Waals surface area contributed by atoms with Crippen molar-refractivity contribution in [2.45, 2.75) is 6.61 Å². The van der Waals surface area contributed by atoms with Crippen molar-refractivity contribution in [2.75, 3.05) is 7.11 Å². The summed E-state index contributed by atoms with van der Waals surface area (Å²) >= 11 is 0. The number of hydrogen-bond donors (Lipinski definition) is 1. The van der Waals surface area contributed by atoms with Crippen molar-refractivity contribution >= 4 is 18.1 Å². The molecule has 2 aromatic carbocycles. The van der Waals surface area contributed by atoms with E-state index in [4.69, 9.17) is 4.74 Å². The lowest BCUT2D eigenvalue weighted by Gasteiger charge is -2.07. The summed E-state index contributed by atoms with van der Waals surface area (Å²) in [5.41, 5.74) is 5.19. The highest BCUT2D eigenvalue weighted by molar-refractivity contribution is 5.94. The van der Waals surface area contributed by atoms with E-state index in [1.807, 2.05) is 36.4 Å². The van der Waals surface area contributed by atoms with Crippen molar-refractivity contribution < 1.29 is 19.1 Å². The normalized spacial score (nSPS) is 10.5. The molecular weight excluding hydrogens is 370 g/mol. The number of esters is 1. The number of amides is 1. The maximum Gasteiger partial charge on any atom is 0.337 e. The van der Waals surface area contributed by atoms with Crippen LogP contribution in [0, 0.1) is 0 Å². The summed E-state index contributed by atoms with van der Waals surface area (Å²) in [5, 5.41) is 3.95. The number of hydrazone groups is 1. The highest BCUT2D eigenvalue weighted by Crippen LogP contribution is 2.14. The zero-order valence-electron chi connectivity index (χ0n) is 15.7. The van der Waals surface area contributed by atoms with E-state index in [9.17, 15) is 9.59 Å². The standard InChI is InChI=1S/C22H19N3O4/c1-28-22(27)19-6-2-17(3-7-19)15-29-20-8-4-16(5-9-20)14-24-25-21(26)18-10-12-23-13-11-18/h2-14H,15H2,1H3,(H,25,26)/b24-14+. The van der Waals surface area contributed by atoms with Gasteiger partial charge in [-0.15, -0.1) is 0 Å². The first-order valence-electron chi connectivity index (χ1n) is 8.79. The van der Waals surface area contributed by atoms with Gasteiger partial charge in [0.25, 0.3) is 5.91 Å². The number of pyridine rings is 1. The van der Waals surface area contributed by atoms with Crippen molar-refractivity contribution in [3.63, 3.8) is 0 Å². The largest absolute Gasteiger partial charge is 0.489 e. The minimum absolute atomic E-state index is 0.304. The molecule has 0 radical (unpaired) electrons. The minimum atomic E-state index is -0.369. The number of nitrogens with zero attached hydrogens (tertiary/aromatic N) is 2. The van der Waals surface area contributed by atoms with Gasteiger partial charge in [-0.3, -0.25) is 9.78 Å². The Morgan fingerprint density at radius 3 is 2.31 bits per heavy atom. The summed E-state index contributed by atoms with van der Waals surface area (Å²) in [6.45, 7) is 0.372. The third-order valence-corrected chi connectivity index (χ3v) is 3.98. The van der Waals surface area contributed by atoms with Crippen molar-refractivity contribution in [1.29, 1.82) is 0 Å². The van der Waals surface area contributed by atoms with Gasteiger partial charge in [-0.05, 0) is 59.7 Å². The zero-order valence-corrected chi connectivity index (χ0v) is 15.7. The Balaban J connectivity index is 1.49. The smallest absolute Gasteiger partial charge is 0.337 e. The first-order chi connectivity index (χ1) is 14.2. The Labute approximate surface area is 168 Å². The molecule has 7 heteroatoms. The molecule has 0 spiro atoms. The van der Waals surface area contributed by atoms with Crippen LogP contribution in [0.3, 0.4) is 0 Å². The molecule has 1 amide bonds. The van der Waals surface area contributed by atoms with E-state index >= 15 is 0 Å². The van der Waals surface area contributed by atoms with Crippen molar-refractivity contribution in [2.24, 2.45) is 5.10 Å². The molecule has 1 aromatic heterocycles. The van der Waals surface area contributed by atoms with Crippen LogP contribution >= 0.6 is 0 Å². The van der Waals surface area contributed by atoms with E-state index < -0.39 is 0 Å². The lowest BCUT2D eigenvalue weighted by atomic mass is 10.1. The van der Waals surface area contributed by atoms with Gasteiger partial charge in [0.05, 0.1) is 18.9 Å². The topological polar surface area (TPSA) is 89.9 Å². The predicted octanol–water partition coefficient (Wildman–Crippen LogP) is 3.21. The van der Waals surface area contributed by atoms with Crippen molar-refractivity contribution in [3.8, 4) is 5.75 Å². The fraction of sp³-hybridized carbons (Fsp3) is 0.0909. The third-order valence-electron chi connectivity index (χ3n) is 3.98. The van der Waals surface area contributed by atoms with Gasteiger partial charge in [-0.2, -0.15) is 5.10 Å². The Kier molecular flexibility index (Phi) is 6.67. The Morgan fingerprint density at radius 1 is 0.966 bits per heavy atom. The summed E-state index contributed by atoms with van der Waals surface area (Å²) in [5.74, 6) is 0.0218. The monoisotopic (exact) mass is 389 g/mol. The first-order valence-corrected chi connectivity index (χ1v) is 8.79. The highest BCUT2D eigenvalue weighted by atomic mass is 16.5. The van der Waals surface area contributed by atoms with Gasteiger partial charge in [0.1, 0.15) is 12.4 Å². The number of nitrogens with one attached hydrogen (secondary N) is 1. The van der Waals surface area contributed by atoms with Crippen LogP contribution < -0.4 is 10.2 Å². The van der Waals surface area contributed by atoms with Gasteiger partial charge in [0, 0.05) is 18.0 Å². The van der Waals surface area contributed by atoms with Crippen LogP contribution in [0.25, 0.3) is 0 Å². The summed E-state index contributed by atoms with van der Waals surface area (Å²) in [6, 6.07) is 17.5. The quantitative estimate of drug-likeness (QED) is 0.381. The van der Waals surface area contributed by atoms with E-state index in [0.29, 0.717) is 23.5 Å². The van der Waals surface area contributed by atoms with E-state index in [1.54, 1.807) is 42.9 Å².